The minimum Gasteiger partial charge on any atom is -0.380 e. The van der Waals surface area contributed by atoms with Gasteiger partial charge in [0, 0.05) is 13.2 Å². The van der Waals surface area contributed by atoms with E-state index in [4.69, 9.17) is 4.74 Å². The normalized spacial score (nSPS) is 12.2. The van der Waals surface area contributed by atoms with E-state index in [1.165, 1.54) is 0 Å². The molecular formula is C15H26N4O2. The minimum atomic E-state index is -0.219. The van der Waals surface area contributed by atoms with E-state index >= 15 is 0 Å². The van der Waals surface area contributed by atoms with Gasteiger partial charge in [0.05, 0.1) is 12.6 Å². The van der Waals surface area contributed by atoms with Gasteiger partial charge in [0.15, 0.2) is 5.69 Å². The molecule has 0 saturated heterocycles. The van der Waals surface area contributed by atoms with E-state index in [-0.39, 0.29) is 11.9 Å². The molecule has 0 saturated carbocycles. The Morgan fingerprint density at radius 3 is 2.57 bits per heavy atom. The molecule has 1 amide bonds. The minimum absolute atomic E-state index is 0.0304. The first-order valence-corrected chi connectivity index (χ1v) is 7.54. The highest BCUT2D eigenvalue weighted by molar-refractivity contribution is 5.92. The van der Waals surface area contributed by atoms with Crippen LogP contribution in [0.1, 0.15) is 44.6 Å². The third-order valence-corrected chi connectivity index (χ3v) is 3.08. The van der Waals surface area contributed by atoms with Crippen molar-refractivity contribution in [3.8, 4) is 0 Å². The summed E-state index contributed by atoms with van der Waals surface area (Å²) in [6, 6.07) is 3.42. The van der Waals surface area contributed by atoms with Crippen LogP contribution in [0.15, 0.2) is 12.1 Å². The van der Waals surface area contributed by atoms with Crippen molar-refractivity contribution < 1.29 is 9.53 Å². The second kappa shape index (κ2) is 9.28. The molecule has 0 spiro atoms. The Hall–Kier alpha value is -1.69. The maximum atomic E-state index is 12.2. The van der Waals surface area contributed by atoms with Crippen LogP contribution < -0.4 is 10.6 Å². The predicted molar refractivity (Wildman–Crippen MR) is 83.4 cm³/mol. The summed E-state index contributed by atoms with van der Waals surface area (Å²) in [4.78, 5) is 12.2. The van der Waals surface area contributed by atoms with Gasteiger partial charge < -0.3 is 15.4 Å². The average Bonchev–Trinajstić information content (AvgIpc) is 2.49. The number of ether oxygens (including phenoxy) is 1. The quantitative estimate of drug-likeness (QED) is 0.729. The van der Waals surface area contributed by atoms with Crippen LogP contribution in [0, 0.1) is 5.92 Å². The molecule has 1 heterocycles. The Morgan fingerprint density at radius 1 is 1.29 bits per heavy atom. The highest BCUT2D eigenvalue weighted by Crippen LogP contribution is 2.06. The Labute approximate surface area is 126 Å². The van der Waals surface area contributed by atoms with Crippen molar-refractivity contribution in [1.82, 2.24) is 15.5 Å². The zero-order chi connectivity index (χ0) is 15.7. The number of amides is 1. The summed E-state index contributed by atoms with van der Waals surface area (Å²) in [6.45, 7) is 10.1. The molecule has 1 atom stereocenters. The van der Waals surface area contributed by atoms with Gasteiger partial charge in [-0.1, -0.05) is 20.8 Å². The third-order valence-electron chi connectivity index (χ3n) is 3.08. The summed E-state index contributed by atoms with van der Waals surface area (Å²) in [6.07, 6.45) is 1.01. The second-order valence-electron chi connectivity index (χ2n) is 5.21. The zero-order valence-electron chi connectivity index (χ0n) is 13.3. The number of nitrogens with zero attached hydrogens (tertiary/aromatic N) is 2. The van der Waals surface area contributed by atoms with Gasteiger partial charge in [0.2, 0.25) is 0 Å². The van der Waals surface area contributed by atoms with Crippen molar-refractivity contribution in [1.29, 1.82) is 0 Å². The van der Waals surface area contributed by atoms with Crippen molar-refractivity contribution in [2.45, 2.75) is 40.2 Å². The molecule has 1 rings (SSSR count). The number of carbonyl (C=O) groups is 1. The van der Waals surface area contributed by atoms with Crippen molar-refractivity contribution in [3.05, 3.63) is 17.8 Å². The van der Waals surface area contributed by atoms with Gasteiger partial charge in [-0.2, -0.15) is 0 Å². The summed E-state index contributed by atoms with van der Waals surface area (Å²) in [5, 5.41) is 14.0. The number of hydrogen-bond donors (Lipinski definition) is 2. The van der Waals surface area contributed by atoms with Gasteiger partial charge in [0.1, 0.15) is 5.82 Å². The van der Waals surface area contributed by atoms with Crippen LogP contribution in [-0.2, 0) is 4.74 Å². The van der Waals surface area contributed by atoms with E-state index in [1.807, 2.05) is 20.8 Å². The first-order chi connectivity index (χ1) is 10.1. The smallest absolute Gasteiger partial charge is 0.272 e. The maximum absolute atomic E-state index is 12.2. The molecule has 2 N–H and O–H groups in total. The number of anilines is 1. The molecule has 6 nitrogen and oxygen atoms in total. The number of hydrogen-bond acceptors (Lipinski definition) is 5. The summed E-state index contributed by atoms with van der Waals surface area (Å²) in [5.74, 6) is 0.755. The molecule has 1 unspecified atom stereocenters. The fourth-order valence-corrected chi connectivity index (χ4v) is 1.69. The van der Waals surface area contributed by atoms with Crippen molar-refractivity contribution in [2.75, 3.05) is 25.1 Å². The second-order valence-corrected chi connectivity index (χ2v) is 5.21. The number of rotatable bonds is 9. The van der Waals surface area contributed by atoms with E-state index in [0.29, 0.717) is 30.6 Å². The number of aromatic nitrogens is 2. The van der Waals surface area contributed by atoms with Gasteiger partial charge in [-0.3, -0.25) is 4.79 Å². The monoisotopic (exact) mass is 294 g/mol. The SMILES string of the molecule is CCCNc1ccc(C(=O)NC(COCC)C(C)C)nn1. The third kappa shape index (κ3) is 6.08. The topological polar surface area (TPSA) is 76.1 Å². The summed E-state index contributed by atoms with van der Waals surface area (Å²) >= 11 is 0. The van der Waals surface area contributed by atoms with Crippen LogP contribution in [0.5, 0.6) is 0 Å². The van der Waals surface area contributed by atoms with Crippen LogP contribution in [0.2, 0.25) is 0 Å². The lowest BCUT2D eigenvalue weighted by molar-refractivity contribution is 0.0801. The van der Waals surface area contributed by atoms with Crippen molar-refractivity contribution in [2.24, 2.45) is 5.92 Å². The Kier molecular flexibility index (Phi) is 7.68. The lowest BCUT2D eigenvalue weighted by Crippen LogP contribution is -2.42. The summed E-state index contributed by atoms with van der Waals surface area (Å²) in [7, 11) is 0. The van der Waals surface area contributed by atoms with Gasteiger partial charge in [-0.25, -0.2) is 0 Å². The van der Waals surface area contributed by atoms with Crippen LogP contribution in [0.25, 0.3) is 0 Å². The molecule has 0 aliphatic rings. The van der Waals surface area contributed by atoms with E-state index in [9.17, 15) is 4.79 Å². The molecule has 1 aromatic heterocycles. The first kappa shape index (κ1) is 17.4. The molecule has 0 radical (unpaired) electrons. The largest absolute Gasteiger partial charge is 0.380 e. The molecule has 0 aliphatic heterocycles. The fourth-order valence-electron chi connectivity index (χ4n) is 1.69. The van der Waals surface area contributed by atoms with Crippen LogP contribution in [-0.4, -0.2) is 41.9 Å². The van der Waals surface area contributed by atoms with Gasteiger partial charge in [0.25, 0.3) is 5.91 Å². The Balaban J connectivity index is 2.60. The lowest BCUT2D eigenvalue weighted by atomic mass is 10.1. The fraction of sp³-hybridized carbons (Fsp3) is 0.667. The van der Waals surface area contributed by atoms with Gasteiger partial charge in [-0.15, -0.1) is 10.2 Å². The van der Waals surface area contributed by atoms with Crippen molar-refractivity contribution in [3.63, 3.8) is 0 Å². The molecule has 1 aromatic rings. The molecule has 0 aromatic carbocycles. The van der Waals surface area contributed by atoms with Crippen LogP contribution in [0.3, 0.4) is 0 Å². The molecule has 0 bridgehead atoms. The van der Waals surface area contributed by atoms with Crippen molar-refractivity contribution >= 4 is 11.7 Å². The molecule has 21 heavy (non-hydrogen) atoms. The van der Waals surface area contributed by atoms with Crippen LogP contribution in [0.4, 0.5) is 5.82 Å². The van der Waals surface area contributed by atoms with E-state index < -0.39 is 0 Å². The van der Waals surface area contributed by atoms with E-state index in [0.717, 1.165) is 13.0 Å². The van der Waals surface area contributed by atoms with Gasteiger partial charge in [-0.05, 0) is 31.4 Å². The first-order valence-electron chi connectivity index (χ1n) is 7.54. The number of nitrogens with one attached hydrogen (secondary N) is 2. The van der Waals surface area contributed by atoms with Gasteiger partial charge >= 0.3 is 0 Å². The maximum Gasteiger partial charge on any atom is 0.272 e. The summed E-state index contributed by atoms with van der Waals surface area (Å²) in [5.41, 5.74) is 0.319. The standard InChI is InChI=1S/C15H26N4O2/c1-5-9-16-14-8-7-12(18-19-14)15(20)17-13(11(3)4)10-21-6-2/h7-8,11,13H,5-6,9-10H2,1-4H3,(H,16,19)(H,17,20). The highest BCUT2D eigenvalue weighted by Gasteiger charge is 2.18. The Morgan fingerprint density at radius 2 is 2.05 bits per heavy atom. The lowest BCUT2D eigenvalue weighted by Gasteiger charge is -2.21. The molecular weight excluding hydrogens is 268 g/mol. The van der Waals surface area contributed by atoms with E-state index in [2.05, 4.69) is 27.8 Å². The predicted octanol–water partition coefficient (Wildman–Crippen LogP) is 2.09. The molecule has 118 valence electrons. The average molecular weight is 294 g/mol. The molecule has 6 heteroatoms. The molecule has 0 fully saturated rings. The zero-order valence-corrected chi connectivity index (χ0v) is 13.3. The van der Waals surface area contributed by atoms with Crippen LogP contribution >= 0.6 is 0 Å². The summed E-state index contributed by atoms with van der Waals surface area (Å²) < 4.78 is 5.40. The number of carbonyl (C=O) groups excluding carboxylic acids is 1. The molecule has 0 aliphatic carbocycles. The Bertz CT molecular complexity index is 420. The van der Waals surface area contributed by atoms with E-state index in [1.54, 1.807) is 12.1 Å². The highest BCUT2D eigenvalue weighted by atomic mass is 16.5.